The van der Waals surface area contributed by atoms with E-state index < -0.39 is 0 Å². The van der Waals surface area contributed by atoms with Crippen LogP contribution in [0.15, 0.2) is 67.1 Å². The number of nitrogens with two attached hydrogens (primary N) is 1. The van der Waals surface area contributed by atoms with Gasteiger partial charge in [0, 0.05) is 30.4 Å². The van der Waals surface area contributed by atoms with Crippen molar-refractivity contribution in [3.63, 3.8) is 0 Å². The minimum Gasteiger partial charge on any atom is -0.492 e. The van der Waals surface area contributed by atoms with Crippen molar-refractivity contribution in [1.82, 2.24) is 19.8 Å². The fourth-order valence-corrected chi connectivity index (χ4v) is 4.94. The van der Waals surface area contributed by atoms with Gasteiger partial charge in [-0.2, -0.15) is 10.4 Å². The number of piperidine rings is 1. The molecule has 3 aromatic rings. The van der Waals surface area contributed by atoms with Crippen molar-refractivity contribution in [2.45, 2.75) is 37.9 Å². The molecule has 5 rings (SSSR count). The molecular formula is C27H30N6O. The quantitative estimate of drug-likeness (QED) is 0.593. The number of likely N-dealkylation sites (tertiary alicyclic amines) is 1. The summed E-state index contributed by atoms with van der Waals surface area (Å²) in [5, 5.41) is 17.4. The molecular weight excluding hydrogens is 424 g/mol. The van der Waals surface area contributed by atoms with Crippen LogP contribution in [0.1, 0.15) is 36.5 Å². The summed E-state index contributed by atoms with van der Waals surface area (Å²) in [6.07, 6.45) is 12.7. The van der Waals surface area contributed by atoms with Crippen LogP contribution in [-0.4, -0.2) is 45.9 Å². The van der Waals surface area contributed by atoms with E-state index in [1.54, 1.807) is 10.7 Å². The lowest BCUT2D eigenvalue weighted by Crippen LogP contribution is -2.56. The molecule has 3 N–H and O–H groups in total. The highest BCUT2D eigenvalue weighted by atomic mass is 16.5. The highest BCUT2D eigenvalue weighted by Crippen LogP contribution is 2.31. The van der Waals surface area contributed by atoms with E-state index in [9.17, 15) is 5.26 Å². The molecule has 2 aliphatic rings. The van der Waals surface area contributed by atoms with Crippen molar-refractivity contribution >= 4 is 11.1 Å². The number of dihydropyridines is 1. The van der Waals surface area contributed by atoms with E-state index in [-0.39, 0.29) is 11.7 Å². The first kappa shape index (κ1) is 22.2. The number of nitriles is 1. The molecule has 2 aromatic heterocycles. The minimum absolute atomic E-state index is 0.122. The summed E-state index contributed by atoms with van der Waals surface area (Å²) in [6, 6.07) is 14.8. The maximum atomic E-state index is 9.56. The van der Waals surface area contributed by atoms with Crippen LogP contribution >= 0.6 is 0 Å². The van der Waals surface area contributed by atoms with Gasteiger partial charge in [0.2, 0.25) is 0 Å². The van der Waals surface area contributed by atoms with E-state index in [1.807, 2.05) is 31.5 Å². The van der Waals surface area contributed by atoms with Crippen LogP contribution in [0.5, 0.6) is 5.75 Å². The molecule has 2 aliphatic heterocycles. The summed E-state index contributed by atoms with van der Waals surface area (Å²) in [6.45, 7) is 4.40. The van der Waals surface area contributed by atoms with E-state index >= 15 is 0 Å². The Hall–Kier alpha value is -3.60. The zero-order chi connectivity index (χ0) is 23.5. The van der Waals surface area contributed by atoms with Gasteiger partial charge in [-0.1, -0.05) is 36.4 Å². The van der Waals surface area contributed by atoms with Crippen LogP contribution in [0, 0.1) is 11.3 Å². The van der Waals surface area contributed by atoms with Gasteiger partial charge in [-0.25, -0.2) is 4.52 Å². The number of pyridine rings is 1. The van der Waals surface area contributed by atoms with Crippen LogP contribution in [-0.2, 0) is 6.42 Å². The van der Waals surface area contributed by atoms with Gasteiger partial charge in [-0.15, -0.1) is 0 Å². The molecule has 0 spiro atoms. The number of rotatable bonds is 6. The third-order valence-electron chi connectivity index (χ3n) is 6.78. The minimum atomic E-state index is -0.155. The van der Waals surface area contributed by atoms with Crippen molar-refractivity contribution in [2.24, 2.45) is 5.73 Å². The number of nitrogens with one attached hydrogen (secondary N) is 1. The number of benzene rings is 1. The number of allylic oxidation sites excluding steroid dienone is 2. The molecule has 0 radical (unpaired) electrons. The molecule has 1 saturated heterocycles. The van der Waals surface area contributed by atoms with Crippen LogP contribution < -0.4 is 15.8 Å². The van der Waals surface area contributed by atoms with Gasteiger partial charge >= 0.3 is 0 Å². The van der Waals surface area contributed by atoms with Crippen LogP contribution in [0.3, 0.4) is 0 Å². The standard InChI is InChI=1S/C27H30N6O/c1-2-34-23-14-24(26-22(16-28)18-31-33(26)19-23)21-8-9-25(30-17-21)32-12-10-27(29,11-13-32)15-20-6-4-3-5-7-20/h3-9,14,17-19,25,30H,2,10-13,15,29H2,1H3. The van der Waals surface area contributed by atoms with E-state index in [0.29, 0.717) is 12.2 Å². The Morgan fingerprint density at radius 2 is 2.06 bits per heavy atom. The topological polar surface area (TPSA) is 91.6 Å². The second kappa shape index (κ2) is 9.34. The number of hydrogen-bond acceptors (Lipinski definition) is 6. The highest BCUT2D eigenvalue weighted by Gasteiger charge is 2.33. The summed E-state index contributed by atoms with van der Waals surface area (Å²) in [7, 11) is 0. The molecule has 0 bridgehead atoms. The molecule has 4 heterocycles. The van der Waals surface area contributed by atoms with Crippen molar-refractivity contribution < 1.29 is 4.74 Å². The van der Waals surface area contributed by atoms with E-state index in [1.165, 1.54) is 5.56 Å². The zero-order valence-electron chi connectivity index (χ0n) is 19.4. The highest BCUT2D eigenvalue weighted by molar-refractivity contribution is 5.87. The first-order valence-corrected chi connectivity index (χ1v) is 11.8. The molecule has 0 aliphatic carbocycles. The predicted octanol–water partition coefficient (Wildman–Crippen LogP) is 3.47. The third kappa shape index (κ3) is 4.43. The third-order valence-corrected chi connectivity index (χ3v) is 6.78. The summed E-state index contributed by atoms with van der Waals surface area (Å²) >= 11 is 0. The molecule has 7 heteroatoms. The van der Waals surface area contributed by atoms with Gasteiger partial charge in [0.15, 0.2) is 0 Å². The van der Waals surface area contributed by atoms with E-state index in [2.05, 4.69) is 57.8 Å². The van der Waals surface area contributed by atoms with Gasteiger partial charge in [-0.3, -0.25) is 4.90 Å². The average molecular weight is 455 g/mol. The van der Waals surface area contributed by atoms with Gasteiger partial charge in [0.25, 0.3) is 0 Å². The van der Waals surface area contributed by atoms with Crippen LogP contribution in [0.2, 0.25) is 0 Å². The molecule has 1 aromatic carbocycles. The first-order valence-electron chi connectivity index (χ1n) is 11.8. The fourth-order valence-electron chi connectivity index (χ4n) is 4.94. The van der Waals surface area contributed by atoms with Crippen molar-refractivity contribution in [2.75, 3.05) is 19.7 Å². The number of fused-ring (bicyclic) bond motifs is 1. The summed E-state index contributed by atoms with van der Waals surface area (Å²) < 4.78 is 7.45. The van der Waals surface area contributed by atoms with Crippen molar-refractivity contribution in [3.05, 3.63) is 83.8 Å². The summed E-state index contributed by atoms with van der Waals surface area (Å²) in [4.78, 5) is 2.44. The number of ether oxygens (including phenoxy) is 1. The summed E-state index contributed by atoms with van der Waals surface area (Å²) in [5.41, 5.74) is 11.2. The molecule has 174 valence electrons. The molecule has 1 unspecified atom stereocenters. The Morgan fingerprint density at radius 3 is 2.74 bits per heavy atom. The Morgan fingerprint density at radius 1 is 1.26 bits per heavy atom. The number of hydrogen-bond donors (Lipinski definition) is 2. The maximum Gasteiger partial charge on any atom is 0.138 e. The van der Waals surface area contributed by atoms with Crippen molar-refractivity contribution in [3.8, 4) is 11.8 Å². The summed E-state index contributed by atoms with van der Waals surface area (Å²) in [5.74, 6) is 0.725. The Labute approximate surface area is 200 Å². The molecule has 0 saturated carbocycles. The lowest BCUT2D eigenvalue weighted by molar-refractivity contribution is 0.126. The molecule has 1 fully saturated rings. The Bertz CT molecular complexity index is 1260. The lowest BCUT2D eigenvalue weighted by atomic mass is 9.82. The lowest BCUT2D eigenvalue weighted by Gasteiger charge is -2.42. The van der Waals surface area contributed by atoms with Crippen molar-refractivity contribution in [1.29, 1.82) is 5.26 Å². The number of nitrogens with zero attached hydrogens (tertiary/aromatic N) is 4. The van der Waals surface area contributed by atoms with Crippen LogP contribution in [0.4, 0.5) is 0 Å². The van der Waals surface area contributed by atoms with Crippen LogP contribution in [0.25, 0.3) is 11.1 Å². The van der Waals surface area contributed by atoms with E-state index in [0.717, 1.165) is 54.8 Å². The zero-order valence-corrected chi connectivity index (χ0v) is 19.4. The normalized spacial score (nSPS) is 19.9. The Balaban J connectivity index is 1.29. The largest absolute Gasteiger partial charge is 0.492 e. The smallest absolute Gasteiger partial charge is 0.138 e. The Kier molecular flexibility index (Phi) is 6.10. The molecule has 7 nitrogen and oxygen atoms in total. The van der Waals surface area contributed by atoms with Gasteiger partial charge < -0.3 is 15.8 Å². The number of aromatic nitrogens is 2. The molecule has 0 amide bonds. The fraction of sp³-hybridized carbons (Fsp3) is 0.333. The van der Waals surface area contributed by atoms with Gasteiger partial charge in [-0.05, 0) is 49.5 Å². The SMILES string of the molecule is CCOc1cc(C2=CNC(N3CCC(N)(Cc4ccccc4)CC3)C=C2)c2c(C#N)cnn2c1. The predicted molar refractivity (Wildman–Crippen MR) is 133 cm³/mol. The second-order valence-electron chi connectivity index (χ2n) is 9.12. The second-order valence-corrected chi connectivity index (χ2v) is 9.12. The first-order chi connectivity index (χ1) is 16.6. The van der Waals surface area contributed by atoms with Gasteiger partial charge in [0.1, 0.15) is 11.8 Å². The maximum absolute atomic E-state index is 9.56. The van der Waals surface area contributed by atoms with Gasteiger partial charge in [0.05, 0.1) is 36.2 Å². The molecule has 1 atom stereocenters. The van der Waals surface area contributed by atoms with E-state index in [4.69, 9.17) is 10.5 Å². The molecule has 34 heavy (non-hydrogen) atoms. The monoisotopic (exact) mass is 454 g/mol. The average Bonchev–Trinajstić information content (AvgIpc) is 3.28.